The predicted octanol–water partition coefficient (Wildman–Crippen LogP) is 5.56. The lowest BCUT2D eigenvalue weighted by atomic mass is 10.0. The van der Waals surface area contributed by atoms with Crippen molar-refractivity contribution in [3.8, 4) is 5.75 Å². The highest BCUT2D eigenvalue weighted by atomic mass is 79.9. The Labute approximate surface area is 182 Å². The Morgan fingerprint density at radius 2 is 2.14 bits per heavy atom. The largest absolute Gasteiger partial charge is 0.506 e. The van der Waals surface area contributed by atoms with Gasteiger partial charge in [-0.2, -0.15) is 0 Å². The number of carbonyl (C=O) groups excluding carboxylic acids is 1. The van der Waals surface area contributed by atoms with Crippen LogP contribution in [0.1, 0.15) is 47.1 Å². The van der Waals surface area contributed by atoms with Crippen LogP contribution >= 0.6 is 38.9 Å². The standard InChI is InChI=1S/C20H22BrClN2O3S/c1-20(2,3)27-19(26)16-13-5-6-24(4)10-15(13)28-18(16)23-9-11-7-12(22)8-14(21)17(11)25/h7-9,25H,5-6,10H2,1-4H3/b23-9+. The number of phenolic OH excluding ortho intramolecular Hbond substituents is 1. The molecular formula is C20H22BrClN2O3S. The minimum absolute atomic E-state index is 0.0491. The van der Waals surface area contributed by atoms with E-state index in [0.29, 0.717) is 25.6 Å². The molecule has 1 aliphatic heterocycles. The number of hydrogen-bond donors (Lipinski definition) is 1. The van der Waals surface area contributed by atoms with Crippen LogP contribution < -0.4 is 0 Å². The third kappa shape index (κ3) is 4.76. The van der Waals surface area contributed by atoms with Crippen molar-refractivity contribution in [3.05, 3.63) is 43.2 Å². The number of fused-ring (bicyclic) bond motifs is 1. The molecule has 1 aromatic heterocycles. The molecular weight excluding hydrogens is 464 g/mol. The fourth-order valence-corrected chi connectivity index (χ4v) is 5.05. The first-order valence-electron chi connectivity index (χ1n) is 8.83. The van der Waals surface area contributed by atoms with Gasteiger partial charge in [0.1, 0.15) is 16.4 Å². The van der Waals surface area contributed by atoms with Crippen LogP contribution in [-0.4, -0.2) is 41.4 Å². The summed E-state index contributed by atoms with van der Waals surface area (Å²) in [4.78, 5) is 20.8. The Kier molecular flexibility index (Phi) is 6.20. The molecule has 0 radical (unpaired) electrons. The normalized spacial score (nSPS) is 15.1. The zero-order valence-electron chi connectivity index (χ0n) is 16.2. The van der Waals surface area contributed by atoms with E-state index in [2.05, 4.69) is 32.9 Å². The molecule has 5 nitrogen and oxygen atoms in total. The van der Waals surface area contributed by atoms with E-state index < -0.39 is 5.60 Å². The summed E-state index contributed by atoms with van der Waals surface area (Å²) >= 11 is 10.8. The van der Waals surface area contributed by atoms with E-state index in [1.165, 1.54) is 17.6 Å². The van der Waals surface area contributed by atoms with Crippen LogP contribution in [0.5, 0.6) is 5.75 Å². The maximum Gasteiger partial charge on any atom is 0.342 e. The van der Waals surface area contributed by atoms with Gasteiger partial charge in [0.15, 0.2) is 0 Å². The average molecular weight is 486 g/mol. The van der Waals surface area contributed by atoms with E-state index in [9.17, 15) is 9.90 Å². The second kappa shape index (κ2) is 8.14. The fourth-order valence-electron chi connectivity index (χ4n) is 2.96. The number of likely N-dealkylation sites (N-methyl/N-ethyl adjacent to an activating group) is 1. The van der Waals surface area contributed by atoms with Gasteiger partial charge in [-0.3, -0.25) is 0 Å². The summed E-state index contributed by atoms with van der Waals surface area (Å²) in [7, 11) is 2.06. The van der Waals surface area contributed by atoms with E-state index >= 15 is 0 Å². The first kappa shape index (κ1) is 21.3. The van der Waals surface area contributed by atoms with E-state index in [-0.39, 0.29) is 11.7 Å². The molecule has 3 rings (SSSR count). The van der Waals surface area contributed by atoms with Gasteiger partial charge in [-0.05, 0) is 67.9 Å². The van der Waals surface area contributed by atoms with Crippen LogP contribution in [0.3, 0.4) is 0 Å². The lowest BCUT2D eigenvalue weighted by Gasteiger charge is -2.23. The number of aromatic hydroxyl groups is 1. The molecule has 2 aromatic rings. The molecule has 1 aromatic carbocycles. The monoisotopic (exact) mass is 484 g/mol. The first-order chi connectivity index (χ1) is 13.0. The summed E-state index contributed by atoms with van der Waals surface area (Å²) in [5.41, 5.74) is 1.42. The predicted molar refractivity (Wildman–Crippen MR) is 118 cm³/mol. The molecule has 28 heavy (non-hydrogen) atoms. The molecule has 0 bridgehead atoms. The second-order valence-electron chi connectivity index (χ2n) is 7.76. The molecule has 1 aliphatic rings. The van der Waals surface area contributed by atoms with Crippen LogP contribution in [-0.2, 0) is 17.7 Å². The van der Waals surface area contributed by atoms with Gasteiger partial charge in [0.25, 0.3) is 0 Å². The number of aliphatic imine (C=N–C) groups is 1. The highest BCUT2D eigenvalue weighted by molar-refractivity contribution is 9.10. The van der Waals surface area contributed by atoms with Gasteiger partial charge in [-0.25, -0.2) is 9.79 Å². The van der Waals surface area contributed by atoms with Crippen molar-refractivity contribution in [2.75, 3.05) is 13.6 Å². The third-order valence-corrected chi connectivity index (χ3v) is 6.16. The van der Waals surface area contributed by atoms with E-state index in [1.807, 2.05) is 20.8 Å². The molecule has 0 atom stereocenters. The number of carbonyl (C=O) groups is 1. The van der Waals surface area contributed by atoms with Crippen molar-refractivity contribution in [3.63, 3.8) is 0 Å². The van der Waals surface area contributed by atoms with Crippen molar-refractivity contribution in [1.82, 2.24) is 4.90 Å². The lowest BCUT2D eigenvalue weighted by molar-refractivity contribution is 0.00694. The number of phenols is 1. The SMILES string of the molecule is CN1CCc2c(sc(/N=C/c3cc(Cl)cc(Br)c3O)c2C(=O)OC(C)(C)C)C1. The molecule has 0 aliphatic carbocycles. The molecule has 0 saturated heterocycles. The molecule has 2 heterocycles. The fraction of sp³-hybridized carbons (Fsp3) is 0.400. The Hall–Kier alpha value is -1.41. The average Bonchev–Trinajstić information content (AvgIpc) is 2.92. The highest BCUT2D eigenvalue weighted by Crippen LogP contribution is 2.40. The maximum absolute atomic E-state index is 12.9. The Balaban J connectivity index is 2.04. The van der Waals surface area contributed by atoms with E-state index in [0.717, 1.165) is 30.0 Å². The van der Waals surface area contributed by atoms with Crippen molar-refractivity contribution in [1.29, 1.82) is 0 Å². The Morgan fingerprint density at radius 3 is 2.82 bits per heavy atom. The molecule has 1 N–H and O–H groups in total. The summed E-state index contributed by atoms with van der Waals surface area (Å²) in [6.07, 6.45) is 2.31. The highest BCUT2D eigenvalue weighted by Gasteiger charge is 2.30. The van der Waals surface area contributed by atoms with Gasteiger partial charge >= 0.3 is 5.97 Å². The lowest BCUT2D eigenvalue weighted by Crippen LogP contribution is -2.28. The molecule has 150 valence electrons. The summed E-state index contributed by atoms with van der Waals surface area (Å²) in [6, 6.07) is 3.24. The van der Waals surface area contributed by atoms with Crippen LogP contribution in [0.25, 0.3) is 0 Å². The van der Waals surface area contributed by atoms with Gasteiger partial charge in [0.2, 0.25) is 0 Å². The quantitative estimate of drug-likeness (QED) is 0.456. The van der Waals surface area contributed by atoms with Crippen LogP contribution in [0.15, 0.2) is 21.6 Å². The third-order valence-electron chi connectivity index (χ3n) is 4.21. The molecule has 0 saturated carbocycles. The zero-order chi connectivity index (χ0) is 20.6. The smallest absolute Gasteiger partial charge is 0.342 e. The van der Waals surface area contributed by atoms with Gasteiger partial charge < -0.3 is 14.7 Å². The number of esters is 1. The minimum Gasteiger partial charge on any atom is -0.506 e. The topological polar surface area (TPSA) is 62.1 Å². The van der Waals surface area contributed by atoms with Gasteiger partial charge in [0, 0.05) is 34.8 Å². The van der Waals surface area contributed by atoms with Gasteiger partial charge in [0.05, 0.1) is 10.0 Å². The van der Waals surface area contributed by atoms with Crippen molar-refractivity contribution >= 4 is 56.1 Å². The van der Waals surface area contributed by atoms with E-state index in [4.69, 9.17) is 16.3 Å². The summed E-state index contributed by atoms with van der Waals surface area (Å²) in [6.45, 7) is 7.20. The number of rotatable bonds is 3. The molecule has 0 spiro atoms. The summed E-state index contributed by atoms with van der Waals surface area (Å²) in [5.74, 6) is -0.314. The van der Waals surface area contributed by atoms with Crippen molar-refractivity contribution < 1.29 is 14.6 Å². The van der Waals surface area contributed by atoms with Crippen LogP contribution in [0.4, 0.5) is 5.00 Å². The summed E-state index contributed by atoms with van der Waals surface area (Å²) in [5, 5.41) is 11.3. The number of halogens is 2. The maximum atomic E-state index is 12.9. The van der Waals surface area contributed by atoms with Crippen LogP contribution in [0.2, 0.25) is 5.02 Å². The van der Waals surface area contributed by atoms with Crippen LogP contribution in [0, 0.1) is 0 Å². The summed E-state index contributed by atoms with van der Waals surface area (Å²) < 4.78 is 6.12. The van der Waals surface area contributed by atoms with Gasteiger partial charge in [-0.15, -0.1) is 11.3 Å². The van der Waals surface area contributed by atoms with Gasteiger partial charge in [-0.1, -0.05) is 11.6 Å². The molecule has 0 amide bonds. The van der Waals surface area contributed by atoms with E-state index in [1.54, 1.807) is 12.1 Å². The molecule has 0 fully saturated rings. The first-order valence-corrected chi connectivity index (χ1v) is 10.8. The molecule has 8 heteroatoms. The number of hydrogen-bond acceptors (Lipinski definition) is 6. The molecule has 0 unspecified atom stereocenters. The second-order valence-corrected chi connectivity index (χ2v) is 10.1. The number of ether oxygens (including phenoxy) is 1. The van der Waals surface area contributed by atoms with Crippen molar-refractivity contribution in [2.45, 2.75) is 39.3 Å². The Morgan fingerprint density at radius 1 is 1.43 bits per heavy atom. The van der Waals surface area contributed by atoms with Crippen molar-refractivity contribution in [2.24, 2.45) is 4.99 Å². The zero-order valence-corrected chi connectivity index (χ0v) is 19.3. The minimum atomic E-state index is -0.589. The Bertz CT molecular complexity index is 950. The number of thiophene rings is 1. The number of benzene rings is 1. The number of nitrogens with zero attached hydrogens (tertiary/aromatic N) is 2.